The predicted molar refractivity (Wildman–Crippen MR) is 95.2 cm³/mol. The fraction of sp³-hybridized carbons (Fsp3) is 0.316. The maximum Gasteiger partial charge on any atom is 0.276 e. The lowest BCUT2D eigenvalue weighted by Gasteiger charge is -2.11. The van der Waals surface area contributed by atoms with Gasteiger partial charge in [-0.25, -0.2) is 0 Å². The molecule has 3 rings (SSSR count). The zero-order chi connectivity index (χ0) is 17.7. The van der Waals surface area contributed by atoms with Gasteiger partial charge in [0.25, 0.3) is 5.91 Å². The second-order valence-corrected chi connectivity index (χ2v) is 5.46. The van der Waals surface area contributed by atoms with Crippen LogP contribution in [0.4, 0.5) is 0 Å². The Morgan fingerprint density at radius 1 is 1.17 bits per heavy atom. The zero-order valence-corrected chi connectivity index (χ0v) is 14.4. The summed E-state index contributed by atoms with van der Waals surface area (Å²) in [6, 6.07) is 3.64. The van der Waals surface area contributed by atoms with Crippen LogP contribution in [0.25, 0.3) is 10.8 Å². The maximum atomic E-state index is 12.2. The number of carbonyl (C=O) groups is 1. The van der Waals surface area contributed by atoms with Gasteiger partial charge in [-0.2, -0.15) is 0 Å². The first-order chi connectivity index (χ1) is 11.5. The first-order valence-electron chi connectivity index (χ1n) is 8.12. The number of fused-ring (bicyclic) bond motifs is 1. The van der Waals surface area contributed by atoms with E-state index in [-0.39, 0.29) is 11.8 Å². The lowest BCUT2D eigenvalue weighted by molar-refractivity contribution is 0.0933. The molecule has 24 heavy (non-hydrogen) atoms. The van der Waals surface area contributed by atoms with Gasteiger partial charge in [0, 0.05) is 29.4 Å². The minimum absolute atomic E-state index is 0.176. The molecule has 1 saturated carbocycles. The molecule has 2 aromatic rings. The van der Waals surface area contributed by atoms with Crippen molar-refractivity contribution in [1.82, 2.24) is 15.3 Å². The number of aryl methyl sites for hydroxylation is 1. The molecule has 0 saturated heterocycles. The van der Waals surface area contributed by atoms with Crippen LogP contribution in [0, 0.1) is 12.8 Å². The van der Waals surface area contributed by atoms with Gasteiger partial charge < -0.3 is 4.74 Å². The number of pyridine rings is 2. The van der Waals surface area contributed by atoms with Crippen molar-refractivity contribution in [3.05, 3.63) is 60.7 Å². The molecule has 5 nitrogen and oxygen atoms in total. The summed E-state index contributed by atoms with van der Waals surface area (Å²) in [5.41, 5.74) is 1.19. The summed E-state index contributed by atoms with van der Waals surface area (Å²) in [5.74, 6) is 0.862. The highest BCUT2D eigenvalue weighted by molar-refractivity contribution is 5.96. The highest BCUT2D eigenvalue weighted by Crippen LogP contribution is 2.36. The minimum atomic E-state index is -0.357. The number of nitrogens with zero attached hydrogens (tertiary/aromatic N) is 2. The Labute approximate surface area is 142 Å². The van der Waals surface area contributed by atoms with Crippen molar-refractivity contribution in [2.24, 2.45) is 5.92 Å². The predicted octanol–water partition coefficient (Wildman–Crippen LogP) is 4.11. The van der Waals surface area contributed by atoms with E-state index in [0.29, 0.717) is 17.4 Å². The highest BCUT2D eigenvalue weighted by atomic mass is 16.5. The highest BCUT2D eigenvalue weighted by Gasteiger charge is 2.26. The Hall–Kier alpha value is -2.69. The molecular weight excluding hydrogens is 302 g/mol. The van der Waals surface area contributed by atoms with Gasteiger partial charge in [-0.3, -0.25) is 20.1 Å². The van der Waals surface area contributed by atoms with Crippen molar-refractivity contribution in [2.75, 3.05) is 0 Å². The number of nitrogens with one attached hydrogen (secondary N) is 1. The Bertz CT molecular complexity index is 779. The normalized spacial score (nSPS) is 12.8. The molecule has 126 valence electrons. The molecule has 0 atom stereocenters. The minimum Gasteiger partial charge on any atom is -0.446 e. The number of amides is 1. The molecule has 1 aliphatic carbocycles. The van der Waals surface area contributed by atoms with Crippen LogP contribution in [0.2, 0.25) is 0 Å². The number of aromatic nitrogens is 2. The van der Waals surface area contributed by atoms with Gasteiger partial charge in [-0.15, -0.1) is 0 Å². The summed E-state index contributed by atoms with van der Waals surface area (Å²) in [4.78, 5) is 20.5. The number of rotatable bonds is 5. The first-order valence-corrected chi connectivity index (χ1v) is 8.12. The smallest absolute Gasteiger partial charge is 0.276 e. The number of hydrogen-bond acceptors (Lipinski definition) is 4. The van der Waals surface area contributed by atoms with Gasteiger partial charge in [0.05, 0.1) is 0 Å². The average molecular weight is 325 g/mol. The van der Waals surface area contributed by atoms with Gasteiger partial charge in [0.2, 0.25) is 0 Å². The standard InChI is InChI=1S/C17H17N3O2.C2H6/c1-10-6-14-7-16(19-9-15(14)8-18-10)17(21)20-12(3)22-11(2)13-4-5-13;1-2/h6-9,13H,2-5H2,1H3,(H,20,21);1-2H3. The van der Waals surface area contributed by atoms with Gasteiger partial charge in [0.15, 0.2) is 5.88 Å². The SMILES string of the molecule is C=C(NC(=O)c1cc2cc(C)ncc2cn1)OC(=C)C1CC1.CC. The molecular formula is C19H23N3O2. The fourth-order valence-electron chi connectivity index (χ4n) is 2.14. The van der Waals surface area contributed by atoms with Crippen molar-refractivity contribution >= 4 is 16.7 Å². The molecule has 1 fully saturated rings. The van der Waals surface area contributed by atoms with Crippen molar-refractivity contribution < 1.29 is 9.53 Å². The second kappa shape index (κ2) is 7.73. The van der Waals surface area contributed by atoms with Crippen molar-refractivity contribution in [3.8, 4) is 0 Å². The monoisotopic (exact) mass is 325 g/mol. The van der Waals surface area contributed by atoms with Crippen LogP contribution >= 0.6 is 0 Å². The van der Waals surface area contributed by atoms with Crippen LogP contribution in [0.5, 0.6) is 0 Å². The maximum absolute atomic E-state index is 12.2. The molecule has 0 bridgehead atoms. The summed E-state index contributed by atoms with van der Waals surface area (Å²) in [7, 11) is 0. The van der Waals surface area contributed by atoms with E-state index in [2.05, 4.69) is 28.4 Å². The van der Waals surface area contributed by atoms with Crippen LogP contribution in [-0.4, -0.2) is 15.9 Å². The Kier molecular flexibility index (Phi) is 5.68. The molecule has 2 heterocycles. The lowest BCUT2D eigenvalue weighted by atomic mass is 10.2. The quantitative estimate of drug-likeness (QED) is 0.840. The molecule has 1 N–H and O–H groups in total. The third-order valence-electron chi connectivity index (χ3n) is 3.51. The molecule has 0 aromatic carbocycles. The van der Waals surface area contributed by atoms with Gasteiger partial charge >= 0.3 is 0 Å². The van der Waals surface area contributed by atoms with Gasteiger partial charge in [-0.1, -0.05) is 20.4 Å². The van der Waals surface area contributed by atoms with Crippen LogP contribution in [0.15, 0.2) is 49.3 Å². The molecule has 1 aliphatic rings. The summed E-state index contributed by atoms with van der Waals surface area (Å²) < 4.78 is 5.41. The van der Waals surface area contributed by atoms with E-state index in [1.807, 2.05) is 26.8 Å². The molecule has 0 radical (unpaired) electrons. The van der Waals surface area contributed by atoms with Crippen molar-refractivity contribution in [1.29, 1.82) is 0 Å². The Morgan fingerprint density at radius 3 is 2.50 bits per heavy atom. The van der Waals surface area contributed by atoms with Crippen molar-refractivity contribution in [3.63, 3.8) is 0 Å². The molecule has 5 heteroatoms. The first kappa shape index (κ1) is 17.7. The van der Waals surface area contributed by atoms with Crippen LogP contribution in [0.3, 0.4) is 0 Å². The summed E-state index contributed by atoms with van der Waals surface area (Å²) in [6.45, 7) is 13.4. The summed E-state index contributed by atoms with van der Waals surface area (Å²) in [6.07, 6.45) is 5.53. The van der Waals surface area contributed by atoms with Gasteiger partial charge in [-0.05, 0) is 43.9 Å². The molecule has 0 unspecified atom stereocenters. The molecule has 2 aromatic heterocycles. The third kappa shape index (κ3) is 4.41. The van der Waals surface area contributed by atoms with Crippen molar-refractivity contribution in [2.45, 2.75) is 33.6 Å². The molecule has 1 amide bonds. The van der Waals surface area contributed by atoms with Gasteiger partial charge in [0.1, 0.15) is 11.5 Å². The summed E-state index contributed by atoms with van der Waals surface area (Å²) >= 11 is 0. The number of hydrogen-bond donors (Lipinski definition) is 1. The number of ether oxygens (including phenoxy) is 1. The Morgan fingerprint density at radius 2 is 1.83 bits per heavy atom. The zero-order valence-electron chi connectivity index (χ0n) is 14.4. The Balaban J connectivity index is 0.00000100. The van der Waals surface area contributed by atoms with E-state index in [1.54, 1.807) is 18.5 Å². The van der Waals surface area contributed by atoms with E-state index in [9.17, 15) is 4.79 Å². The number of allylic oxidation sites excluding steroid dienone is 1. The summed E-state index contributed by atoms with van der Waals surface area (Å²) in [5, 5.41) is 4.40. The van der Waals surface area contributed by atoms with Crippen LogP contribution in [-0.2, 0) is 4.74 Å². The second-order valence-electron chi connectivity index (χ2n) is 5.46. The average Bonchev–Trinajstić information content (AvgIpc) is 3.40. The van der Waals surface area contributed by atoms with E-state index in [4.69, 9.17) is 4.74 Å². The topological polar surface area (TPSA) is 64.1 Å². The lowest BCUT2D eigenvalue weighted by Crippen LogP contribution is -2.24. The molecule has 0 aliphatic heterocycles. The van der Waals surface area contributed by atoms with E-state index < -0.39 is 0 Å². The van der Waals surface area contributed by atoms with Crippen LogP contribution in [0.1, 0.15) is 42.9 Å². The largest absolute Gasteiger partial charge is 0.446 e. The number of carbonyl (C=O) groups excluding carboxylic acids is 1. The fourth-order valence-corrected chi connectivity index (χ4v) is 2.14. The third-order valence-corrected chi connectivity index (χ3v) is 3.51. The molecule has 0 spiro atoms. The van der Waals surface area contributed by atoms with E-state index in [0.717, 1.165) is 29.3 Å². The van der Waals surface area contributed by atoms with Crippen LogP contribution < -0.4 is 5.32 Å². The van der Waals surface area contributed by atoms with E-state index >= 15 is 0 Å². The van der Waals surface area contributed by atoms with E-state index in [1.165, 1.54) is 0 Å².